The third-order valence-electron chi connectivity index (χ3n) is 5.52. The molecule has 0 aromatic heterocycles. The molecule has 7 nitrogen and oxygen atoms in total. The van der Waals surface area contributed by atoms with Crippen LogP contribution >= 0.6 is 0 Å². The molecule has 1 N–H and O–H groups in total. The van der Waals surface area contributed by atoms with E-state index in [0.717, 1.165) is 18.8 Å². The Hall–Kier alpha value is -2.74. The summed E-state index contributed by atoms with van der Waals surface area (Å²) in [5, 5.41) is 0. The Morgan fingerprint density at radius 3 is 2.43 bits per heavy atom. The molecule has 2 aliphatic rings. The van der Waals surface area contributed by atoms with Crippen LogP contribution in [0.2, 0.25) is 0 Å². The van der Waals surface area contributed by atoms with E-state index in [0.29, 0.717) is 23.7 Å². The van der Waals surface area contributed by atoms with E-state index in [1.165, 1.54) is 38.3 Å². The third-order valence-corrected chi connectivity index (χ3v) is 6.90. The average Bonchev–Trinajstić information content (AvgIpc) is 2.73. The van der Waals surface area contributed by atoms with Crippen molar-refractivity contribution in [1.29, 1.82) is 0 Å². The van der Waals surface area contributed by atoms with Crippen molar-refractivity contribution in [3.8, 4) is 5.75 Å². The second-order valence-corrected chi connectivity index (χ2v) is 9.57. The molecule has 1 unspecified atom stereocenters. The van der Waals surface area contributed by atoms with Crippen LogP contribution in [-0.4, -0.2) is 40.1 Å². The van der Waals surface area contributed by atoms with Crippen molar-refractivity contribution in [2.45, 2.75) is 44.1 Å². The maximum absolute atomic E-state index is 12.9. The number of anilines is 3. The molecule has 2 aromatic carbocycles. The van der Waals surface area contributed by atoms with E-state index in [-0.39, 0.29) is 16.9 Å². The lowest BCUT2D eigenvalue weighted by atomic mass is 10.1. The van der Waals surface area contributed by atoms with E-state index in [1.807, 2.05) is 19.1 Å². The Morgan fingerprint density at radius 2 is 1.77 bits per heavy atom. The van der Waals surface area contributed by atoms with Crippen LogP contribution < -0.4 is 19.3 Å². The summed E-state index contributed by atoms with van der Waals surface area (Å²) in [4.78, 5) is 16.0. The first-order chi connectivity index (χ1) is 14.3. The molecule has 1 fully saturated rings. The predicted molar refractivity (Wildman–Crippen MR) is 118 cm³/mol. The summed E-state index contributed by atoms with van der Waals surface area (Å²) in [7, 11) is -3.80. The number of ether oxygens (including phenoxy) is 1. The molecule has 0 bridgehead atoms. The molecule has 0 spiro atoms. The number of benzene rings is 2. The number of nitrogens with zero attached hydrogens (tertiary/aromatic N) is 2. The van der Waals surface area contributed by atoms with E-state index < -0.39 is 10.0 Å². The summed E-state index contributed by atoms with van der Waals surface area (Å²) in [5.74, 6) is 0.357. The zero-order chi connectivity index (χ0) is 21.3. The first-order valence-electron chi connectivity index (χ1n) is 10.3. The van der Waals surface area contributed by atoms with E-state index in [1.54, 1.807) is 23.1 Å². The van der Waals surface area contributed by atoms with Crippen molar-refractivity contribution >= 4 is 33.0 Å². The Balaban J connectivity index is 1.55. The van der Waals surface area contributed by atoms with Crippen molar-refractivity contribution in [1.82, 2.24) is 0 Å². The quantitative estimate of drug-likeness (QED) is 0.803. The number of hydrogen-bond acceptors (Lipinski definition) is 5. The molecule has 1 amide bonds. The smallest absolute Gasteiger partial charge is 0.261 e. The highest BCUT2D eigenvalue weighted by Gasteiger charge is 2.28. The number of rotatable bonds is 4. The van der Waals surface area contributed by atoms with E-state index in [2.05, 4.69) is 9.62 Å². The standard InChI is InChI=1S/C22H27N3O4S/c1-16-15-25(17(2)26)21-14-20(10-11-22(21)29-16)30(27,28)23-18-6-8-19(9-7-18)24-12-4-3-5-13-24/h6-11,14,16,23H,3-5,12-13,15H2,1-2H3. The predicted octanol–water partition coefficient (Wildman–Crippen LogP) is 3.61. The molecule has 4 rings (SSSR count). The van der Waals surface area contributed by atoms with Crippen LogP contribution in [0.25, 0.3) is 0 Å². The van der Waals surface area contributed by atoms with Crippen LogP contribution in [0.3, 0.4) is 0 Å². The Labute approximate surface area is 177 Å². The molecular formula is C22H27N3O4S. The molecule has 2 aromatic rings. The Bertz CT molecular complexity index is 1030. The molecule has 0 saturated carbocycles. The fourth-order valence-electron chi connectivity index (χ4n) is 3.99. The van der Waals surface area contributed by atoms with Crippen LogP contribution in [0.4, 0.5) is 17.1 Å². The van der Waals surface area contributed by atoms with Gasteiger partial charge in [-0.2, -0.15) is 0 Å². The lowest BCUT2D eigenvalue weighted by Crippen LogP contribution is -2.41. The third kappa shape index (κ3) is 4.23. The minimum Gasteiger partial charge on any atom is -0.487 e. The maximum Gasteiger partial charge on any atom is 0.261 e. The van der Waals surface area contributed by atoms with Gasteiger partial charge in [-0.3, -0.25) is 9.52 Å². The first-order valence-corrected chi connectivity index (χ1v) is 11.8. The molecule has 2 heterocycles. The number of amides is 1. The summed E-state index contributed by atoms with van der Waals surface area (Å²) in [5.41, 5.74) is 2.08. The van der Waals surface area contributed by atoms with Gasteiger partial charge in [-0.1, -0.05) is 0 Å². The highest BCUT2D eigenvalue weighted by molar-refractivity contribution is 7.92. The van der Waals surface area contributed by atoms with Gasteiger partial charge in [-0.25, -0.2) is 8.42 Å². The van der Waals surface area contributed by atoms with Gasteiger partial charge in [-0.15, -0.1) is 0 Å². The van der Waals surface area contributed by atoms with Gasteiger partial charge in [0.1, 0.15) is 11.9 Å². The van der Waals surface area contributed by atoms with Crippen LogP contribution in [0, 0.1) is 0 Å². The Kier molecular flexibility index (Phi) is 5.60. The number of sulfonamides is 1. The molecule has 1 atom stereocenters. The highest BCUT2D eigenvalue weighted by atomic mass is 32.2. The number of piperidine rings is 1. The topological polar surface area (TPSA) is 78.9 Å². The van der Waals surface area contributed by atoms with Gasteiger partial charge in [0.25, 0.3) is 10.0 Å². The van der Waals surface area contributed by atoms with Crippen LogP contribution in [-0.2, 0) is 14.8 Å². The number of hydrogen-bond donors (Lipinski definition) is 1. The maximum atomic E-state index is 12.9. The van der Waals surface area contributed by atoms with Crippen molar-refractivity contribution < 1.29 is 17.9 Å². The number of carbonyl (C=O) groups excluding carboxylic acids is 1. The largest absolute Gasteiger partial charge is 0.487 e. The SMILES string of the molecule is CC(=O)N1CC(C)Oc2ccc(S(=O)(=O)Nc3ccc(N4CCCCC4)cc3)cc21. The molecule has 8 heteroatoms. The number of nitrogens with one attached hydrogen (secondary N) is 1. The summed E-state index contributed by atoms with van der Waals surface area (Å²) in [6, 6.07) is 12.1. The Morgan fingerprint density at radius 1 is 1.07 bits per heavy atom. The second kappa shape index (κ2) is 8.18. The lowest BCUT2D eigenvalue weighted by molar-refractivity contribution is -0.117. The van der Waals surface area contributed by atoms with Crippen LogP contribution in [0.1, 0.15) is 33.1 Å². The summed E-state index contributed by atoms with van der Waals surface area (Å²) < 4.78 is 34.3. The second-order valence-electron chi connectivity index (χ2n) is 7.89. The van der Waals surface area contributed by atoms with Gasteiger partial charge in [0.05, 0.1) is 17.1 Å². The van der Waals surface area contributed by atoms with E-state index >= 15 is 0 Å². The molecule has 0 aliphatic carbocycles. The monoisotopic (exact) mass is 429 g/mol. The minimum atomic E-state index is -3.80. The van der Waals surface area contributed by atoms with Crippen molar-refractivity contribution in [3.05, 3.63) is 42.5 Å². The van der Waals surface area contributed by atoms with E-state index in [4.69, 9.17) is 4.74 Å². The summed E-state index contributed by atoms with van der Waals surface area (Å²) in [6.07, 6.45) is 3.49. The fraction of sp³-hybridized carbons (Fsp3) is 0.409. The van der Waals surface area contributed by atoms with Gasteiger partial charge in [0.15, 0.2) is 0 Å². The van der Waals surface area contributed by atoms with Gasteiger partial charge < -0.3 is 14.5 Å². The average molecular weight is 430 g/mol. The normalized spacial score (nSPS) is 19.1. The molecule has 0 radical (unpaired) electrons. The zero-order valence-corrected chi connectivity index (χ0v) is 18.1. The first kappa shape index (κ1) is 20.5. The van der Waals surface area contributed by atoms with Gasteiger partial charge in [-0.05, 0) is 68.7 Å². The minimum absolute atomic E-state index is 0.0887. The zero-order valence-electron chi connectivity index (χ0n) is 17.3. The van der Waals surface area contributed by atoms with Gasteiger partial charge >= 0.3 is 0 Å². The van der Waals surface area contributed by atoms with Crippen LogP contribution in [0.5, 0.6) is 5.75 Å². The van der Waals surface area contributed by atoms with Gasteiger partial charge in [0, 0.05) is 31.4 Å². The molecule has 1 saturated heterocycles. The summed E-state index contributed by atoms with van der Waals surface area (Å²) >= 11 is 0. The van der Waals surface area contributed by atoms with Crippen molar-refractivity contribution in [3.63, 3.8) is 0 Å². The van der Waals surface area contributed by atoms with Crippen LogP contribution in [0.15, 0.2) is 47.4 Å². The summed E-state index contributed by atoms with van der Waals surface area (Å²) in [6.45, 7) is 5.79. The molecule has 160 valence electrons. The van der Waals surface area contributed by atoms with Crippen molar-refractivity contribution in [2.24, 2.45) is 0 Å². The fourth-order valence-corrected chi connectivity index (χ4v) is 5.07. The van der Waals surface area contributed by atoms with Crippen molar-refractivity contribution in [2.75, 3.05) is 34.2 Å². The van der Waals surface area contributed by atoms with E-state index in [9.17, 15) is 13.2 Å². The van der Waals surface area contributed by atoms with Gasteiger partial charge in [0.2, 0.25) is 5.91 Å². The highest BCUT2D eigenvalue weighted by Crippen LogP contribution is 2.36. The molecule has 30 heavy (non-hydrogen) atoms. The molecule has 2 aliphatic heterocycles. The number of carbonyl (C=O) groups is 1. The number of fused-ring (bicyclic) bond motifs is 1. The lowest BCUT2D eigenvalue weighted by Gasteiger charge is -2.33. The molecular weight excluding hydrogens is 402 g/mol.